The van der Waals surface area contributed by atoms with E-state index in [4.69, 9.17) is 14.2 Å². The van der Waals surface area contributed by atoms with Crippen LogP contribution in [0.15, 0.2) is 11.6 Å². The summed E-state index contributed by atoms with van der Waals surface area (Å²) in [6, 6.07) is 0. The van der Waals surface area contributed by atoms with Crippen LogP contribution in [0.25, 0.3) is 0 Å². The van der Waals surface area contributed by atoms with Crippen LogP contribution in [0, 0.1) is 0 Å². The van der Waals surface area contributed by atoms with Crippen LogP contribution in [0.3, 0.4) is 0 Å². The van der Waals surface area contributed by atoms with Crippen LogP contribution < -0.4 is 0 Å². The summed E-state index contributed by atoms with van der Waals surface area (Å²) in [5, 5.41) is 0. The molecular formula is C11H18O4. The molecule has 0 spiro atoms. The molecule has 1 aliphatic rings. The van der Waals surface area contributed by atoms with Crippen LogP contribution >= 0.6 is 0 Å². The second-order valence-corrected chi connectivity index (χ2v) is 3.43. The predicted molar refractivity (Wildman–Crippen MR) is 55.6 cm³/mol. The zero-order chi connectivity index (χ0) is 11.1. The number of hydrogen-bond acceptors (Lipinski definition) is 4. The quantitative estimate of drug-likeness (QED) is 0.277. The highest BCUT2D eigenvalue weighted by Gasteiger charge is 2.21. The molecule has 0 N–H and O–H groups in total. The third-order valence-electron chi connectivity index (χ3n) is 2.02. The molecule has 1 saturated heterocycles. The van der Waals surface area contributed by atoms with Gasteiger partial charge in [-0.25, -0.2) is 4.79 Å². The molecular weight excluding hydrogens is 196 g/mol. The van der Waals surface area contributed by atoms with Crippen molar-refractivity contribution in [3.63, 3.8) is 0 Å². The Labute approximate surface area is 90.2 Å². The van der Waals surface area contributed by atoms with Gasteiger partial charge in [0.05, 0.1) is 26.4 Å². The zero-order valence-corrected chi connectivity index (χ0v) is 9.32. The van der Waals surface area contributed by atoms with E-state index in [0.717, 1.165) is 13.0 Å². The van der Waals surface area contributed by atoms with Gasteiger partial charge in [0.15, 0.2) is 0 Å². The normalized spacial score (nSPS) is 20.1. The van der Waals surface area contributed by atoms with Gasteiger partial charge in [-0.1, -0.05) is 6.08 Å². The topological polar surface area (TPSA) is 48.1 Å². The van der Waals surface area contributed by atoms with Crippen LogP contribution in [0.4, 0.5) is 0 Å². The second-order valence-electron chi connectivity index (χ2n) is 3.43. The average molecular weight is 214 g/mol. The molecule has 0 amide bonds. The maximum Gasteiger partial charge on any atom is 0.333 e. The van der Waals surface area contributed by atoms with Gasteiger partial charge in [0.2, 0.25) is 0 Å². The Morgan fingerprint density at radius 1 is 1.60 bits per heavy atom. The smallest absolute Gasteiger partial charge is 0.333 e. The fourth-order valence-corrected chi connectivity index (χ4v) is 1.07. The summed E-state index contributed by atoms with van der Waals surface area (Å²) in [6.07, 6.45) is 2.88. The number of carbonyl (C=O) groups excluding carboxylic acids is 1. The number of hydrogen-bond donors (Lipinski definition) is 0. The van der Waals surface area contributed by atoms with Gasteiger partial charge in [-0.2, -0.15) is 0 Å². The Morgan fingerprint density at radius 2 is 2.33 bits per heavy atom. The molecule has 4 nitrogen and oxygen atoms in total. The first-order valence-corrected chi connectivity index (χ1v) is 5.27. The van der Waals surface area contributed by atoms with Crippen molar-refractivity contribution >= 4 is 5.97 Å². The number of esters is 1. The Bertz CT molecular complexity index is 231. The van der Waals surface area contributed by atoms with Crippen LogP contribution in [-0.2, 0) is 19.0 Å². The highest BCUT2D eigenvalue weighted by atomic mass is 16.6. The maximum absolute atomic E-state index is 11.2. The van der Waals surface area contributed by atoms with E-state index in [1.54, 1.807) is 13.8 Å². The summed E-state index contributed by atoms with van der Waals surface area (Å²) in [5.41, 5.74) is 0.642. The molecule has 15 heavy (non-hydrogen) atoms. The zero-order valence-electron chi connectivity index (χ0n) is 9.32. The number of epoxide rings is 1. The van der Waals surface area contributed by atoms with Crippen molar-refractivity contribution in [1.82, 2.24) is 0 Å². The molecule has 0 aromatic carbocycles. The molecule has 0 radical (unpaired) electrons. The molecule has 1 unspecified atom stereocenters. The van der Waals surface area contributed by atoms with E-state index in [1.165, 1.54) is 0 Å². The van der Waals surface area contributed by atoms with Crippen molar-refractivity contribution in [2.24, 2.45) is 0 Å². The van der Waals surface area contributed by atoms with Crippen LogP contribution in [-0.4, -0.2) is 38.5 Å². The molecule has 1 aliphatic heterocycles. The first kappa shape index (κ1) is 12.2. The van der Waals surface area contributed by atoms with Crippen LogP contribution in [0.2, 0.25) is 0 Å². The predicted octanol–water partition coefficient (Wildman–Crippen LogP) is 1.30. The molecule has 0 aromatic rings. The molecule has 1 rings (SSSR count). The van der Waals surface area contributed by atoms with Gasteiger partial charge < -0.3 is 14.2 Å². The first-order valence-electron chi connectivity index (χ1n) is 5.27. The van der Waals surface area contributed by atoms with Gasteiger partial charge in [-0.15, -0.1) is 0 Å². The minimum atomic E-state index is -0.247. The molecule has 0 bridgehead atoms. The summed E-state index contributed by atoms with van der Waals surface area (Å²) in [4.78, 5) is 11.2. The van der Waals surface area contributed by atoms with E-state index in [-0.39, 0.29) is 5.97 Å². The van der Waals surface area contributed by atoms with Gasteiger partial charge in [-0.05, 0) is 20.3 Å². The number of rotatable bonds is 7. The van der Waals surface area contributed by atoms with E-state index in [9.17, 15) is 4.79 Å². The van der Waals surface area contributed by atoms with Gasteiger partial charge in [0, 0.05) is 5.57 Å². The minimum absolute atomic E-state index is 0.247. The van der Waals surface area contributed by atoms with Gasteiger partial charge in [-0.3, -0.25) is 0 Å². The second kappa shape index (κ2) is 6.58. The SMILES string of the molecule is CCOC(=O)C(C)=CCCOCC1CO1. The molecule has 0 aromatic heterocycles. The van der Waals surface area contributed by atoms with Crippen LogP contribution in [0.1, 0.15) is 20.3 Å². The van der Waals surface area contributed by atoms with Gasteiger partial charge >= 0.3 is 5.97 Å². The van der Waals surface area contributed by atoms with Gasteiger partial charge in [0.25, 0.3) is 0 Å². The maximum atomic E-state index is 11.2. The molecule has 0 aliphatic carbocycles. The van der Waals surface area contributed by atoms with E-state index >= 15 is 0 Å². The molecule has 1 heterocycles. The van der Waals surface area contributed by atoms with Crippen LogP contribution in [0.5, 0.6) is 0 Å². The van der Waals surface area contributed by atoms with Crippen molar-refractivity contribution in [3.8, 4) is 0 Å². The highest BCUT2D eigenvalue weighted by molar-refractivity contribution is 5.87. The van der Waals surface area contributed by atoms with E-state index in [2.05, 4.69) is 0 Å². The number of ether oxygens (including phenoxy) is 3. The number of carbonyl (C=O) groups is 1. The third kappa shape index (κ3) is 5.54. The Hall–Kier alpha value is -0.870. The van der Waals surface area contributed by atoms with E-state index in [0.29, 0.717) is 31.5 Å². The fourth-order valence-electron chi connectivity index (χ4n) is 1.07. The Balaban J connectivity index is 2.04. The summed E-state index contributed by atoms with van der Waals surface area (Å²) >= 11 is 0. The first-order chi connectivity index (χ1) is 7.24. The molecule has 0 saturated carbocycles. The molecule has 1 fully saturated rings. The Morgan fingerprint density at radius 3 is 2.93 bits per heavy atom. The lowest BCUT2D eigenvalue weighted by atomic mass is 10.2. The lowest BCUT2D eigenvalue weighted by Gasteiger charge is -2.02. The summed E-state index contributed by atoms with van der Waals surface area (Å²) < 4.78 is 15.2. The lowest BCUT2D eigenvalue weighted by Crippen LogP contribution is -2.06. The van der Waals surface area contributed by atoms with Gasteiger partial charge in [0.1, 0.15) is 6.10 Å². The standard InChI is InChI=1S/C11H18O4/c1-3-14-11(12)9(2)5-4-6-13-7-10-8-15-10/h5,10H,3-4,6-8H2,1-2H3. The summed E-state index contributed by atoms with van der Waals surface area (Å²) in [6.45, 7) is 6.06. The van der Waals surface area contributed by atoms with E-state index < -0.39 is 0 Å². The lowest BCUT2D eigenvalue weighted by molar-refractivity contribution is -0.138. The van der Waals surface area contributed by atoms with Crippen molar-refractivity contribution in [3.05, 3.63) is 11.6 Å². The minimum Gasteiger partial charge on any atom is -0.463 e. The third-order valence-corrected chi connectivity index (χ3v) is 2.02. The highest BCUT2D eigenvalue weighted by Crippen LogP contribution is 2.08. The van der Waals surface area contributed by atoms with Crippen molar-refractivity contribution in [2.75, 3.05) is 26.4 Å². The van der Waals surface area contributed by atoms with Crippen molar-refractivity contribution in [1.29, 1.82) is 0 Å². The molecule has 86 valence electrons. The summed E-state index contributed by atoms with van der Waals surface area (Å²) in [7, 11) is 0. The largest absolute Gasteiger partial charge is 0.463 e. The molecule has 4 heteroatoms. The fraction of sp³-hybridized carbons (Fsp3) is 0.727. The van der Waals surface area contributed by atoms with Crippen molar-refractivity contribution < 1.29 is 19.0 Å². The average Bonchev–Trinajstić information content (AvgIpc) is 3.01. The van der Waals surface area contributed by atoms with Crippen molar-refractivity contribution in [2.45, 2.75) is 26.4 Å². The molecule has 1 atom stereocenters. The van der Waals surface area contributed by atoms with E-state index in [1.807, 2.05) is 6.08 Å². The Kier molecular flexibility index (Phi) is 5.36. The summed E-state index contributed by atoms with van der Waals surface area (Å²) in [5.74, 6) is -0.247. The monoisotopic (exact) mass is 214 g/mol.